The van der Waals surface area contributed by atoms with Crippen molar-refractivity contribution in [1.29, 1.82) is 0 Å². The second-order valence-electron chi connectivity index (χ2n) is 3.67. The highest BCUT2D eigenvalue weighted by atomic mass is 16.7. The third-order valence-corrected chi connectivity index (χ3v) is 2.51. The Kier molecular flexibility index (Phi) is 3.46. The molecule has 2 rings (SSSR count). The van der Waals surface area contributed by atoms with Crippen LogP contribution >= 0.6 is 0 Å². The van der Waals surface area contributed by atoms with Gasteiger partial charge in [0.25, 0.3) is 5.91 Å². The van der Waals surface area contributed by atoms with Crippen molar-refractivity contribution in [2.45, 2.75) is 0 Å². The zero-order valence-electron chi connectivity index (χ0n) is 9.51. The first-order valence-electron chi connectivity index (χ1n) is 5.19. The number of nitrogens with zero attached hydrogens (tertiary/aromatic N) is 1. The average molecular weight is 238 g/mol. The van der Waals surface area contributed by atoms with Gasteiger partial charge in [-0.2, -0.15) is 0 Å². The van der Waals surface area contributed by atoms with Gasteiger partial charge in [-0.15, -0.1) is 0 Å². The second-order valence-corrected chi connectivity index (χ2v) is 3.67. The van der Waals surface area contributed by atoms with Gasteiger partial charge in [0.15, 0.2) is 11.5 Å². The van der Waals surface area contributed by atoms with Crippen LogP contribution in [-0.4, -0.2) is 37.8 Å². The summed E-state index contributed by atoms with van der Waals surface area (Å²) >= 11 is 0. The van der Waals surface area contributed by atoms with Crippen LogP contribution in [0.15, 0.2) is 18.2 Å². The van der Waals surface area contributed by atoms with Crippen LogP contribution in [0.3, 0.4) is 0 Å². The molecule has 0 aromatic heterocycles. The predicted octanol–water partition coefficient (Wildman–Crippen LogP) is 0.378. The van der Waals surface area contributed by atoms with Gasteiger partial charge in [0.1, 0.15) is 0 Å². The Balaban J connectivity index is 2.09. The van der Waals surface area contributed by atoms with E-state index in [1.54, 1.807) is 25.2 Å². The van der Waals surface area contributed by atoms with E-state index in [1.807, 2.05) is 0 Å². The maximum Gasteiger partial charge on any atom is 0.253 e. The molecule has 6 nitrogen and oxygen atoms in total. The molecule has 0 spiro atoms. The minimum Gasteiger partial charge on any atom is -0.454 e. The van der Waals surface area contributed by atoms with Gasteiger partial charge in [-0.05, 0) is 18.2 Å². The van der Waals surface area contributed by atoms with E-state index in [-0.39, 0.29) is 12.7 Å². The Morgan fingerprint density at radius 2 is 2.24 bits per heavy atom. The van der Waals surface area contributed by atoms with Gasteiger partial charge >= 0.3 is 0 Å². The zero-order valence-corrected chi connectivity index (χ0v) is 9.51. The molecule has 2 N–H and O–H groups in total. The number of likely N-dealkylation sites (N-methyl/N-ethyl adjacent to an activating group) is 1. The van der Waals surface area contributed by atoms with Crippen molar-refractivity contribution in [3.05, 3.63) is 23.8 Å². The van der Waals surface area contributed by atoms with Gasteiger partial charge < -0.3 is 19.2 Å². The normalized spacial score (nSPS) is 12.6. The van der Waals surface area contributed by atoms with Crippen LogP contribution in [0.5, 0.6) is 11.5 Å². The van der Waals surface area contributed by atoms with Crippen LogP contribution < -0.4 is 15.4 Å². The molecule has 0 unspecified atom stereocenters. The summed E-state index contributed by atoms with van der Waals surface area (Å²) in [6.07, 6.45) is 0. The summed E-state index contributed by atoms with van der Waals surface area (Å²) < 4.78 is 10.4. The van der Waals surface area contributed by atoms with Crippen LogP contribution in [0.1, 0.15) is 10.4 Å². The van der Waals surface area contributed by atoms with Gasteiger partial charge in [0.2, 0.25) is 6.79 Å². The lowest BCUT2D eigenvalue weighted by Crippen LogP contribution is -2.30. The number of carbonyl (C=O) groups excluding carboxylic acids is 1. The van der Waals surface area contributed by atoms with E-state index >= 15 is 0 Å². The number of hydrogen-bond donors (Lipinski definition) is 1. The number of ether oxygens (including phenoxy) is 2. The Labute approximate surface area is 98.8 Å². The maximum atomic E-state index is 12.0. The molecule has 0 fully saturated rings. The number of amides is 1. The van der Waals surface area contributed by atoms with Crippen molar-refractivity contribution in [2.75, 3.05) is 27.0 Å². The van der Waals surface area contributed by atoms with Crippen LogP contribution in [0, 0.1) is 0 Å². The lowest BCUT2D eigenvalue weighted by Gasteiger charge is -2.16. The fourth-order valence-corrected chi connectivity index (χ4v) is 1.54. The van der Waals surface area contributed by atoms with Crippen molar-refractivity contribution in [1.82, 2.24) is 4.90 Å². The highest BCUT2D eigenvalue weighted by Gasteiger charge is 2.18. The Morgan fingerprint density at radius 1 is 1.47 bits per heavy atom. The van der Waals surface area contributed by atoms with Crippen LogP contribution in [0.25, 0.3) is 0 Å². The zero-order chi connectivity index (χ0) is 12.3. The van der Waals surface area contributed by atoms with E-state index in [2.05, 4.69) is 4.84 Å². The van der Waals surface area contributed by atoms with E-state index < -0.39 is 0 Å². The molecule has 6 heteroatoms. The molecule has 1 aliphatic heterocycles. The molecule has 0 radical (unpaired) electrons. The van der Waals surface area contributed by atoms with Gasteiger partial charge in [0.05, 0.1) is 6.61 Å². The summed E-state index contributed by atoms with van der Waals surface area (Å²) in [5.41, 5.74) is 0.550. The van der Waals surface area contributed by atoms with Crippen LogP contribution in [0.2, 0.25) is 0 Å². The molecule has 0 aliphatic carbocycles. The SMILES string of the molecule is CN(CCON)C(=O)c1ccc2c(c1)OCO2. The lowest BCUT2D eigenvalue weighted by molar-refractivity contribution is 0.0697. The van der Waals surface area contributed by atoms with E-state index in [1.165, 1.54) is 4.90 Å². The van der Waals surface area contributed by atoms with Gasteiger partial charge in [-0.3, -0.25) is 4.79 Å². The van der Waals surface area contributed by atoms with Gasteiger partial charge in [0, 0.05) is 19.2 Å². The number of fused-ring (bicyclic) bond motifs is 1. The summed E-state index contributed by atoms with van der Waals surface area (Å²) in [6.45, 7) is 0.931. The van der Waals surface area contributed by atoms with Crippen molar-refractivity contribution in [2.24, 2.45) is 5.90 Å². The molecule has 1 heterocycles. The second kappa shape index (κ2) is 5.03. The first-order chi connectivity index (χ1) is 8.22. The predicted molar refractivity (Wildman–Crippen MR) is 59.7 cm³/mol. The number of carbonyl (C=O) groups is 1. The summed E-state index contributed by atoms with van der Waals surface area (Å²) in [5, 5.41) is 0. The Bertz CT molecular complexity index is 422. The molecule has 0 bridgehead atoms. The number of hydrogen-bond acceptors (Lipinski definition) is 5. The fraction of sp³-hybridized carbons (Fsp3) is 0.364. The Morgan fingerprint density at radius 3 is 3.00 bits per heavy atom. The van der Waals surface area contributed by atoms with Crippen LogP contribution in [-0.2, 0) is 4.84 Å². The standard InChI is InChI=1S/C11H14N2O4/c1-13(4-5-17-12)11(14)8-2-3-9-10(6-8)16-7-15-9/h2-3,6H,4-5,7,12H2,1H3. The topological polar surface area (TPSA) is 74.0 Å². The smallest absolute Gasteiger partial charge is 0.253 e. The number of nitrogens with two attached hydrogens (primary N) is 1. The summed E-state index contributed by atoms with van der Waals surface area (Å²) in [6, 6.07) is 5.10. The quantitative estimate of drug-likeness (QED) is 0.767. The van der Waals surface area contributed by atoms with Crippen molar-refractivity contribution in [3.63, 3.8) is 0 Å². The molecule has 17 heavy (non-hydrogen) atoms. The summed E-state index contributed by atoms with van der Waals surface area (Å²) in [7, 11) is 1.69. The first kappa shape index (κ1) is 11.7. The van der Waals surface area contributed by atoms with E-state index in [4.69, 9.17) is 15.4 Å². The molecule has 1 aromatic rings. The molecule has 92 valence electrons. The largest absolute Gasteiger partial charge is 0.454 e. The molecular weight excluding hydrogens is 224 g/mol. The van der Waals surface area contributed by atoms with Crippen molar-refractivity contribution >= 4 is 5.91 Å². The summed E-state index contributed by atoms with van der Waals surface area (Å²) in [5.74, 6) is 6.06. The molecule has 1 aromatic carbocycles. The molecule has 0 atom stereocenters. The lowest BCUT2D eigenvalue weighted by atomic mass is 10.2. The molecule has 0 saturated heterocycles. The first-order valence-corrected chi connectivity index (χ1v) is 5.19. The fourth-order valence-electron chi connectivity index (χ4n) is 1.54. The third kappa shape index (κ3) is 2.48. The van der Waals surface area contributed by atoms with E-state index in [0.717, 1.165) is 0 Å². The average Bonchev–Trinajstić information content (AvgIpc) is 2.81. The molecule has 1 aliphatic rings. The molecule has 0 saturated carbocycles. The Hall–Kier alpha value is -1.79. The highest BCUT2D eigenvalue weighted by molar-refractivity contribution is 5.94. The maximum absolute atomic E-state index is 12.0. The number of benzene rings is 1. The third-order valence-electron chi connectivity index (χ3n) is 2.51. The van der Waals surface area contributed by atoms with Crippen LogP contribution in [0.4, 0.5) is 0 Å². The van der Waals surface area contributed by atoms with Gasteiger partial charge in [-0.1, -0.05) is 0 Å². The van der Waals surface area contributed by atoms with Crippen molar-refractivity contribution < 1.29 is 19.1 Å². The van der Waals surface area contributed by atoms with E-state index in [0.29, 0.717) is 30.2 Å². The van der Waals surface area contributed by atoms with Gasteiger partial charge in [-0.25, -0.2) is 5.90 Å². The monoisotopic (exact) mass is 238 g/mol. The highest BCUT2D eigenvalue weighted by Crippen LogP contribution is 2.32. The minimum absolute atomic E-state index is 0.111. The van der Waals surface area contributed by atoms with Crippen molar-refractivity contribution in [3.8, 4) is 11.5 Å². The number of rotatable bonds is 4. The summed E-state index contributed by atoms with van der Waals surface area (Å²) in [4.78, 5) is 17.9. The molecule has 1 amide bonds. The molecular formula is C11H14N2O4. The van der Waals surface area contributed by atoms with E-state index in [9.17, 15) is 4.79 Å². The minimum atomic E-state index is -0.111.